The van der Waals surface area contributed by atoms with Gasteiger partial charge in [0.2, 0.25) is 5.91 Å². The molecular weight excluding hydrogens is 306 g/mol. The molecule has 102 valence electrons. The lowest BCUT2D eigenvalue weighted by Gasteiger charge is -2.27. The lowest BCUT2D eigenvalue weighted by Crippen LogP contribution is -2.48. The number of carbonyl (C=O) groups excluding carboxylic acids is 1. The van der Waals surface area contributed by atoms with Gasteiger partial charge < -0.3 is 10.4 Å². The molecule has 3 nitrogen and oxygen atoms in total. The highest BCUT2D eigenvalue weighted by molar-refractivity contribution is 9.10. The van der Waals surface area contributed by atoms with Crippen molar-refractivity contribution in [1.82, 2.24) is 5.32 Å². The fourth-order valence-corrected chi connectivity index (χ4v) is 2.69. The number of aliphatic hydroxyl groups is 1. The summed E-state index contributed by atoms with van der Waals surface area (Å²) >= 11 is 3.37. The highest BCUT2D eigenvalue weighted by atomic mass is 79.9. The van der Waals surface area contributed by atoms with Crippen molar-refractivity contribution in [1.29, 1.82) is 0 Å². The van der Waals surface area contributed by atoms with Crippen LogP contribution in [0.2, 0.25) is 0 Å². The van der Waals surface area contributed by atoms with Crippen molar-refractivity contribution in [3.05, 3.63) is 40.4 Å². The fourth-order valence-electron chi connectivity index (χ4n) is 2.42. The summed E-state index contributed by atoms with van der Waals surface area (Å²) in [4.78, 5) is 11.9. The van der Waals surface area contributed by atoms with E-state index in [-0.39, 0.29) is 12.5 Å². The van der Waals surface area contributed by atoms with E-state index in [4.69, 9.17) is 0 Å². The largest absolute Gasteiger partial charge is 0.394 e. The van der Waals surface area contributed by atoms with Gasteiger partial charge in [-0.2, -0.15) is 0 Å². The molecule has 2 rings (SSSR count). The number of benzene rings is 1. The first-order valence-electron chi connectivity index (χ1n) is 6.50. The van der Waals surface area contributed by atoms with Crippen LogP contribution in [0.3, 0.4) is 0 Å². The van der Waals surface area contributed by atoms with Gasteiger partial charge in [0.15, 0.2) is 0 Å². The van der Waals surface area contributed by atoms with Gasteiger partial charge in [0.1, 0.15) is 0 Å². The van der Waals surface area contributed by atoms with Gasteiger partial charge in [0.25, 0.3) is 0 Å². The highest BCUT2D eigenvalue weighted by Gasteiger charge is 2.33. The van der Waals surface area contributed by atoms with Gasteiger partial charge >= 0.3 is 0 Å². The molecule has 0 aliphatic heterocycles. The molecule has 0 aromatic heterocycles. The number of amides is 1. The van der Waals surface area contributed by atoms with E-state index in [1.807, 2.05) is 24.3 Å². The van der Waals surface area contributed by atoms with E-state index in [0.717, 1.165) is 35.7 Å². The molecule has 0 saturated heterocycles. The first-order valence-corrected chi connectivity index (χ1v) is 7.30. The van der Waals surface area contributed by atoms with E-state index in [2.05, 4.69) is 21.2 Å². The Morgan fingerprint density at radius 3 is 2.53 bits per heavy atom. The smallest absolute Gasteiger partial charge is 0.244 e. The molecule has 2 N–H and O–H groups in total. The second kappa shape index (κ2) is 6.35. The van der Waals surface area contributed by atoms with Crippen molar-refractivity contribution >= 4 is 27.9 Å². The zero-order chi connectivity index (χ0) is 13.7. The van der Waals surface area contributed by atoms with Gasteiger partial charge in [-0.25, -0.2) is 0 Å². The van der Waals surface area contributed by atoms with Crippen LogP contribution in [0.15, 0.2) is 34.8 Å². The van der Waals surface area contributed by atoms with Gasteiger partial charge in [-0.05, 0) is 36.6 Å². The fraction of sp³-hybridized carbons (Fsp3) is 0.400. The Balaban J connectivity index is 1.95. The van der Waals surface area contributed by atoms with Crippen LogP contribution in [0, 0.1) is 0 Å². The van der Waals surface area contributed by atoms with Crippen molar-refractivity contribution in [2.75, 3.05) is 6.61 Å². The Hall–Kier alpha value is -1.13. The van der Waals surface area contributed by atoms with Crippen LogP contribution < -0.4 is 5.32 Å². The quantitative estimate of drug-likeness (QED) is 0.837. The predicted octanol–water partition coefficient (Wildman–Crippen LogP) is 2.88. The minimum Gasteiger partial charge on any atom is -0.394 e. The van der Waals surface area contributed by atoms with Crippen LogP contribution in [0.1, 0.15) is 31.2 Å². The molecule has 0 bridgehead atoms. The van der Waals surface area contributed by atoms with Crippen LogP contribution in [0.4, 0.5) is 0 Å². The van der Waals surface area contributed by atoms with Gasteiger partial charge in [0.05, 0.1) is 12.1 Å². The van der Waals surface area contributed by atoms with Crippen molar-refractivity contribution in [2.24, 2.45) is 0 Å². The molecule has 0 spiro atoms. The standard InChI is InChI=1S/C15H18BrNO2/c16-13-6-3-12(4-7-13)5-8-14(19)17-15(11-18)9-1-2-10-15/h3-8,18H,1-2,9-11H2,(H,17,19). The SMILES string of the molecule is O=C(C=Cc1ccc(Br)cc1)NC1(CO)CCCC1. The maximum atomic E-state index is 11.9. The molecule has 1 amide bonds. The Morgan fingerprint density at radius 2 is 1.95 bits per heavy atom. The highest BCUT2D eigenvalue weighted by Crippen LogP contribution is 2.29. The van der Waals surface area contributed by atoms with Crippen LogP contribution in [-0.2, 0) is 4.79 Å². The second-order valence-electron chi connectivity index (χ2n) is 5.02. The topological polar surface area (TPSA) is 49.3 Å². The molecule has 1 aromatic carbocycles. The molecular formula is C15H18BrNO2. The molecule has 4 heteroatoms. The van der Waals surface area contributed by atoms with Crippen molar-refractivity contribution in [3.63, 3.8) is 0 Å². The number of hydrogen-bond acceptors (Lipinski definition) is 2. The molecule has 0 atom stereocenters. The third-order valence-electron chi connectivity index (χ3n) is 3.55. The molecule has 1 fully saturated rings. The molecule has 0 radical (unpaired) electrons. The van der Waals surface area contributed by atoms with Crippen molar-refractivity contribution in [2.45, 2.75) is 31.2 Å². The monoisotopic (exact) mass is 323 g/mol. The van der Waals surface area contributed by atoms with Crippen LogP contribution >= 0.6 is 15.9 Å². The maximum absolute atomic E-state index is 11.9. The first kappa shape index (κ1) is 14.3. The lowest BCUT2D eigenvalue weighted by atomic mass is 9.99. The Labute approximate surface area is 121 Å². The van der Waals surface area contributed by atoms with E-state index in [9.17, 15) is 9.90 Å². The predicted molar refractivity (Wildman–Crippen MR) is 79.6 cm³/mol. The summed E-state index contributed by atoms with van der Waals surface area (Å²) in [5.74, 6) is -0.140. The summed E-state index contributed by atoms with van der Waals surface area (Å²) in [6, 6.07) is 7.74. The summed E-state index contributed by atoms with van der Waals surface area (Å²) in [5, 5.41) is 12.4. The number of rotatable bonds is 4. The average Bonchev–Trinajstić information content (AvgIpc) is 2.87. The lowest BCUT2D eigenvalue weighted by molar-refractivity contribution is -0.118. The van der Waals surface area contributed by atoms with Crippen LogP contribution in [-0.4, -0.2) is 23.2 Å². The van der Waals surface area contributed by atoms with Crippen molar-refractivity contribution < 1.29 is 9.90 Å². The van der Waals surface area contributed by atoms with Crippen LogP contribution in [0.5, 0.6) is 0 Å². The zero-order valence-electron chi connectivity index (χ0n) is 10.7. The van der Waals surface area contributed by atoms with E-state index >= 15 is 0 Å². The van der Waals surface area contributed by atoms with E-state index < -0.39 is 5.54 Å². The second-order valence-corrected chi connectivity index (χ2v) is 5.94. The first-order chi connectivity index (χ1) is 9.13. The molecule has 1 aliphatic rings. The number of hydrogen-bond donors (Lipinski definition) is 2. The molecule has 19 heavy (non-hydrogen) atoms. The van der Waals surface area contributed by atoms with Gasteiger partial charge in [-0.15, -0.1) is 0 Å². The summed E-state index contributed by atoms with van der Waals surface area (Å²) in [6.45, 7) is 0.0187. The minimum atomic E-state index is -0.402. The molecule has 0 heterocycles. The van der Waals surface area contributed by atoms with E-state index in [1.54, 1.807) is 6.08 Å². The maximum Gasteiger partial charge on any atom is 0.244 e. The average molecular weight is 324 g/mol. The zero-order valence-corrected chi connectivity index (χ0v) is 12.3. The molecule has 0 unspecified atom stereocenters. The Morgan fingerprint density at radius 1 is 1.32 bits per heavy atom. The molecule has 1 saturated carbocycles. The summed E-state index contributed by atoms with van der Waals surface area (Å²) < 4.78 is 1.01. The number of halogens is 1. The summed E-state index contributed by atoms with van der Waals surface area (Å²) in [6.07, 6.45) is 7.16. The van der Waals surface area contributed by atoms with Crippen molar-refractivity contribution in [3.8, 4) is 0 Å². The summed E-state index contributed by atoms with van der Waals surface area (Å²) in [5.41, 5.74) is 0.573. The Bertz CT molecular complexity index is 462. The van der Waals surface area contributed by atoms with E-state index in [1.165, 1.54) is 6.08 Å². The van der Waals surface area contributed by atoms with Crippen LogP contribution in [0.25, 0.3) is 6.08 Å². The number of aliphatic hydroxyl groups excluding tert-OH is 1. The van der Waals surface area contributed by atoms with Gasteiger partial charge in [-0.1, -0.05) is 40.9 Å². The third-order valence-corrected chi connectivity index (χ3v) is 4.08. The number of carbonyl (C=O) groups is 1. The summed E-state index contributed by atoms with van der Waals surface area (Å²) in [7, 11) is 0. The van der Waals surface area contributed by atoms with Gasteiger partial charge in [0, 0.05) is 10.5 Å². The third kappa shape index (κ3) is 3.91. The number of nitrogens with one attached hydrogen (secondary N) is 1. The minimum absolute atomic E-state index is 0.0187. The molecule has 1 aliphatic carbocycles. The molecule has 1 aromatic rings. The van der Waals surface area contributed by atoms with Gasteiger partial charge in [-0.3, -0.25) is 4.79 Å². The van der Waals surface area contributed by atoms with E-state index in [0.29, 0.717) is 0 Å². The Kier molecular flexibility index (Phi) is 4.77. The normalized spacial score (nSPS) is 17.8.